The number of ether oxygens (including phenoxy) is 1. The Hall–Kier alpha value is -2.18. The molecule has 0 aliphatic carbocycles. The van der Waals surface area contributed by atoms with Crippen LogP contribution in [0.1, 0.15) is 23.7 Å². The molecule has 3 N–H and O–H groups in total. The number of fused-ring (bicyclic) bond motifs is 1. The van der Waals surface area contributed by atoms with Gasteiger partial charge in [-0.05, 0) is 18.6 Å². The largest absolute Gasteiger partial charge is 0.377 e. The predicted octanol–water partition coefficient (Wildman–Crippen LogP) is 4.21. The van der Waals surface area contributed by atoms with Gasteiger partial charge in [-0.3, -0.25) is 9.52 Å². The van der Waals surface area contributed by atoms with Crippen molar-refractivity contribution in [3.8, 4) is 0 Å². The molecular formula is C19H19Cl2N5O4S2. The summed E-state index contributed by atoms with van der Waals surface area (Å²) in [6, 6.07) is 3.08. The molecule has 2 aromatic heterocycles. The van der Waals surface area contributed by atoms with E-state index in [4.69, 9.17) is 27.9 Å². The molecule has 3 aromatic rings. The lowest BCUT2D eigenvalue weighted by atomic mass is 10.2. The molecule has 13 heteroatoms. The van der Waals surface area contributed by atoms with Crippen molar-refractivity contribution in [3.05, 3.63) is 39.4 Å². The molecule has 0 atom stereocenters. The van der Waals surface area contributed by atoms with Crippen molar-refractivity contribution in [1.82, 2.24) is 9.97 Å². The topological polar surface area (TPSA) is 122 Å². The second-order valence-electron chi connectivity index (χ2n) is 7.09. The minimum atomic E-state index is -3.57. The molecule has 32 heavy (non-hydrogen) atoms. The second-order valence-corrected chi connectivity index (χ2v) is 10.6. The number of hydrogen-bond acceptors (Lipinski definition) is 8. The number of thiophene rings is 1. The average Bonchev–Trinajstić information content (AvgIpc) is 3.15. The van der Waals surface area contributed by atoms with E-state index < -0.39 is 15.9 Å². The maximum absolute atomic E-state index is 13.0. The highest BCUT2D eigenvalue weighted by atomic mass is 35.5. The molecule has 3 heterocycles. The van der Waals surface area contributed by atoms with Crippen molar-refractivity contribution in [2.75, 3.05) is 34.3 Å². The standard InChI is InChI=1S/C19H19Cl2N5O4S2/c1-2-5-32(28,29)26-13-4-3-12(20)16(14(13)21)25-19(27)11-8-31-17-15(11)22-9-23-18(17)24-10-6-30-7-10/h3-4,8-10,26H,2,5-7H2,1H3,(H,25,27)(H,22,23,24). The first-order chi connectivity index (χ1) is 15.3. The van der Waals surface area contributed by atoms with E-state index in [1.807, 2.05) is 0 Å². The van der Waals surface area contributed by atoms with E-state index in [1.54, 1.807) is 12.3 Å². The SMILES string of the molecule is CCCS(=O)(=O)Nc1ccc(Cl)c(NC(=O)c2csc3c(NC4COC4)ncnc23)c1Cl. The van der Waals surface area contributed by atoms with Gasteiger partial charge in [-0.1, -0.05) is 30.1 Å². The molecule has 170 valence electrons. The fourth-order valence-electron chi connectivity index (χ4n) is 3.04. The van der Waals surface area contributed by atoms with E-state index in [-0.39, 0.29) is 33.2 Å². The van der Waals surface area contributed by atoms with Crippen LogP contribution in [0.5, 0.6) is 0 Å². The summed E-state index contributed by atoms with van der Waals surface area (Å²) < 4.78 is 32.6. The number of aromatic nitrogens is 2. The quantitative estimate of drug-likeness (QED) is 0.410. The van der Waals surface area contributed by atoms with E-state index in [0.29, 0.717) is 36.5 Å². The van der Waals surface area contributed by atoms with Crippen molar-refractivity contribution < 1.29 is 17.9 Å². The Bertz CT molecular complexity index is 1280. The minimum Gasteiger partial charge on any atom is -0.377 e. The molecule has 4 rings (SSSR count). The summed E-state index contributed by atoms with van der Waals surface area (Å²) in [6.07, 6.45) is 1.83. The molecule has 1 aliphatic heterocycles. The Morgan fingerprint density at radius 2 is 2.06 bits per heavy atom. The van der Waals surface area contributed by atoms with E-state index in [0.717, 1.165) is 4.70 Å². The molecule has 0 radical (unpaired) electrons. The summed E-state index contributed by atoms with van der Waals surface area (Å²) in [5.41, 5.74) is 1.04. The highest BCUT2D eigenvalue weighted by Gasteiger charge is 2.23. The summed E-state index contributed by atoms with van der Waals surface area (Å²) in [7, 11) is -3.57. The first kappa shape index (κ1) is 23.0. The molecule has 0 unspecified atom stereocenters. The number of carbonyl (C=O) groups excluding carboxylic acids is 1. The number of rotatable bonds is 8. The molecule has 1 aliphatic rings. The lowest BCUT2D eigenvalue weighted by Crippen LogP contribution is -2.40. The number of nitrogens with one attached hydrogen (secondary N) is 3. The molecule has 9 nitrogen and oxygen atoms in total. The lowest BCUT2D eigenvalue weighted by molar-refractivity contribution is 0.0210. The molecular weight excluding hydrogens is 497 g/mol. The number of hydrogen-bond donors (Lipinski definition) is 3. The van der Waals surface area contributed by atoms with Crippen LogP contribution in [0.2, 0.25) is 10.0 Å². The first-order valence-electron chi connectivity index (χ1n) is 9.65. The second kappa shape index (κ2) is 9.36. The minimum absolute atomic E-state index is 0.00738. The van der Waals surface area contributed by atoms with E-state index in [9.17, 15) is 13.2 Å². The normalized spacial score (nSPS) is 14.2. The molecule has 0 bridgehead atoms. The van der Waals surface area contributed by atoms with Crippen molar-refractivity contribution in [2.24, 2.45) is 0 Å². The van der Waals surface area contributed by atoms with E-state index in [2.05, 4.69) is 25.3 Å². The van der Waals surface area contributed by atoms with Crippen LogP contribution in [0.25, 0.3) is 10.2 Å². The fourth-order valence-corrected chi connectivity index (χ4v) is 5.71. The third-order valence-electron chi connectivity index (χ3n) is 4.65. The number of sulfonamides is 1. The summed E-state index contributed by atoms with van der Waals surface area (Å²) in [5.74, 6) is 0.0958. The van der Waals surface area contributed by atoms with Gasteiger partial charge in [0, 0.05) is 5.38 Å². The Balaban J connectivity index is 1.61. The number of nitrogens with zero attached hydrogens (tertiary/aromatic N) is 2. The predicted molar refractivity (Wildman–Crippen MR) is 128 cm³/mol. The highest BCUT2D eigenvalue weighted by molar-refractivity contribution is 7.92. The molecule has 0 saturated carbocycles. The van der Waals surface area contributed by atoms with Gasteiger partial charge in [0.15, 0.2) is 0 Å². The van der Waals surface area contributed by atoms with Crippen molar-refractivity contribution in [2.45, 2.75) is 19.4 Å². The fraction of sp³-hybridized carbons (Fsp3) is 0.316. The van der Waals surface area contributed by atoms with Gasteiger partial charge in [-0.25, -0.2) is 18.4 Å². The van der Waals surface area contributed by atoms with Crippen LogP contribution in [0.4, 0.5) is 17.2 Å². The number of halogens is 2. The Morgan fingerprint density at radius 3 is 2.75 bits per heavy atom. The molecule has 0 spiro atoms. The van der Waals surface area contributed by atoms with Crippen LogP contribution in [0.15, 0.2) is 23.8 Å². The van der Waals surface area contributed by atoms with Gasteiger partial charge in [-0.15, -0.1) is 11.3 Å². The van der Waals surface area contributed by atoms with Crippen molar-refractivity contribution in [1.29, 1.82) is 0 Å². The van der Waals surface area contributed by atoms with Gasteiger partial charge in [0.25, 0.3) is 5.91 Å². The van der Waals surface area contributed by atoms with Crippen molar-refractivity contribution in [3.63, 3.8) is 0 Å². The lowest BCUT2D eigenvalue weighted by Gasteiger charge is -2.27. The molecule has 1 aromatic carbocycles. The number of benzene rings is 1. The van der Waals surface area contributed by atoms with Gasteiger partial charge in [0.1, 0.15) is 12.1 Å². The van der Waals surface area contributed by atoms with Crippen LogP contribution < -0.4 is 15.4 Å². The van der Waals surface area contributed by atoms with Crippen LogP contribution in [-0.2, 0) is 14.8 Å². The monoisotopic (exact) mass is 515 g/mol. The Labute approximate surface area is 198 Å². The van der Waals surface area contributed by atoms with Gasteiger partial charge < -0.3 is 15.4 Å². The van der Waals surface area contributed by atoms with Crippen LogP contribution in [-0.4, -0.2) is 49.3 Å². The summed E-state index contributed by atoms with van der Waals surface area (Å²) >= 11 is 14.0. The van der Waals surface area contributed by atoms with Crippen LogP contribution in [0, 0.1) is 0 Å². The maximum Gasteiger partial charge on any atom is 0.258 e. The zero-order valence-electron chi connectivity index (χ0n) is 16.8. The van der Waals surface area contributed by atoms with Gasteiger partial charge in [0.2, 0.25) is 10.0 Å². The van der Waals surface area contributed by atoms with E-state index >= 15 is 0 Å². The highest BCUT2D eigenvalue weighted by Crippen LogP contribution is 2.38. The Kier molecular flexibility index (Phi) is 6.72. The van der Waals surface area contributed by atoms with E-state index in [1.165, 1.54) is 29.8 Å². The zero-order valence-corrected chi connectivity index (χ0v) is 20.0. The Morgan fingerprint density at radius 1 is 1.28 bits per heavy atom. The number of anilines is 3. The first-order valence-corrected chi connectivity index (χ1v) is 12.9. The molecule has 1 saturated heterocycles. The average molecular weight is 516 g/mol. The number of amides is 1. The zero-order chi connectivity index (χ0) is 22.9. The van der Waals surface area contributed by atoms with Gasteiger partial charge in [-0.2, -0.15) is 0 Å². The number of carbonyl (C=O) groups is 1. The van der Waals surface area contributed by atoms with Gasteiger partial charge in [0.05, 0.1) is 62.2 Å². The van der Waals surface area contributed by atoms with Gasteiger partial charge >= 0.3 is 0 Å². The van der Waals surface area contributed by atoms with Crippen LogP contribution >= 0.6 is 34.5 Å². The molecule has 1 amide bonds. The third-order valence-corrected chi connectivity index (χ3v) is 7.81. The van der Waals surface area contributed by atoms with Crippen LogP contribution in [0.3, 0.4) is 0 Å². The maximum atomic E-state index is 13.0. The molecule has 1 fully saturated rings. The third kappa shape index (κ3) is 4.76. The summed E-state index contributed by atoms with van der Waals surface area (Å²) in [4.78, 5) is 21.6. The summed E-state index contributed by atoms with van der Waals surface area (Å²) in [6.45, 7) is 2.95. The summed E-state index contributed by atoms with van der Waals surface area (Å²) in [5, 5.41) is 7.79. The van der Waals surface area contributed by atoms with Crippen molar-refractivity contribution >= 4 is 77.9 Å². The smallest absolute Gasteiger partial charge is 0.258 e.